The van der Waals surface area contributed by atoms with Gasteiger partial charge in [-0.2, -0.15) is 0 Å². The van der Waals surface area contributed by atoms with Gasteiger partial charge >= 0.3 is 5.97 Å². The number of aryl methyl sites for hydroxylation is 1. The third kappa shape index (κ3) is 3.05. The van der Waals surface area contributed by atoms with Gasteiger partial charge in [0.25, 0.3) is 0 Å². The van der Waals surface area contributed by atoms with Crippen molar-refractivity contribution in [3.63, 3.8) is 0 Å². The van der Waals surface area contributed by atoms with E-state index in [1.807, 2.05) is 43.3 Å². The van der Waals surface area contributed by atoms with Gasteiger partial charge in [-0.05, 0) is 18.1 Å². The molecule has 1 aromatic rings. The summed E-state index contributed by atoms with van der Waals surface area (Å²) in [5.41, 5.74) is 2.34. The summed E-state index contributed by atoms with van der Waals surface area (Å²) in [5, 5.41) is 0. The first-order valence-electron chi connectivity index (χ1n) is 4.53. The molecular formula is C12H14O2. The molecule has 0 radical (unpaired) electrons. The predicted octanol–water partition coefficient (Wildman–Crippen LogP) is 2.57. The van der Waals surface area contributed by atoms with Crippen molar-refractivity contribution in [3.05, 3.63) is 41.5 Å². The summed E-state index contributed by atoms with van der Waals surface area (Å²) in [7, 11) is 1.39. The van der Waals surface area contributed by atoms with Crippen LogP contribution in [0.25, 0.3) is 6.08 Å². The average Bonchev–Trinajstić information content (AvgIpc) is 2.20. The summed E-state index contributed by atoms with van der Waals surface area (Å²) in [4.78, 5) is 10.8. The second-order valence-electron chi connectivity index (χ2n) is 3.04. The number of hydrogen-bond acceptors (Lipinski definition) is 2. The van der Waals surface area contributed by atoms with Gasteiger partial charge in [-0.1, -0.05) is 36.4 Å². The zero-order valence-electron chi connectivity index (χ0n) is 8.49. The van der Waals surface area contributed by atoms with Gasteiger partial charge in [-0.3, -0.25) is 4.79 Å². The van der Waals surface area contributed by atoms with Crippen molar-refractivity contribution in [3.8, 4) is 0 Å². The summed E-state index contributed by atoms with van der Waals surface area (Å²) >= 11 is 0. The van der Waals surface area contributed by atoms with E-state index in [9.17, 15) is 4.79 Å². The van der Waals surface area contributed by atoms with Crippen LogP contribution >= 0.6 is 0 Å². The highest BCUT2D eigenvalue weighted by Gasteiger charge is 1.95. The monoisotopic (exact) mass is 190 g/mol. The summed E-state index contributed by atoms with van der Waals surface area (Å²) in [6.07, 6.45) is 4.07. The number of methoxy groups -OCH3 is 1. The molecule has 0 aliphatic rings. The molecule has 0 aromatic heterocycles. The maximum atomic E-state index is 10.8. The van der Waals surface area contributed by atoms with Gasteiger partial charge in [0, 0.05) is 0 Å². The van der Waals surface area contributed by atoms with Crippen molar-refractivity contribution in [2.24, 2.45) is 0 Å². The van der Waals surface area contributed by atoms with E-state index >= 15 is 0 Å². The van der Waals surface area contributed by atoms with Crippen LogP contribution in [0.2, 0.25) is 0 Å². The number of rotatable bonds is 3. The van der Waals surface area contributed by atoms with Crippen molar-refractivity contribution in [2.75, 3.05) is 7.11 Å². The van der Waals surface area contributed by atoms with Crippen LogP contribution in [-0.2, 0) is 9.53 Å². The Morgan fingerprint density at radius 1 is 1.43 bits per heavy atom. The standard InChI is InChI=1S/C12H14O2/c1-10-6-3-4-7-11(10)8-5-9-12(13)14-2/h3-8H,9H2,1-2H3. The Hall–Kier alpha value is -1.57. The summed E-state index contributed by atoms with van der Waals surface area (Å²) in [6.45, 7) is 2.04. The quantitative estimate of drug-likeness (QED) is 0.685. The second kappa shape index (κ2) is 5.22. The van der Waals surface area contributed by atoms with Crippen molar-refractivity contribution < 1.29 is 9.53 Å². The molecule has 1 rings (SSSR count). The Kier molecular flexibility index (Phi) is 3.92. The van der Waals surface area contributed by atoms with Crippen LogP contribution in [0.5, 0.6) is 0 Å². The van der Waals surface area contributed by atoms with Crippen LogP contribution < -0.4 is 0 Å². The molecule has 0 amide bonds. The minimum Gasteiger partial charge on any atom is -0.469 e. The number of hydrogen-bond donors (Lipinski definition) is 0. The lowest BCUT2D eigenvalue weighted by molar-refractivity contribution is -0.139. The van der Waals surface area contributed by atoms with Gasteiger partial charge in [-0.15, -0.1) is 0 Å². The molecule has 74 valence electrons. The molecule has 2 nitrogen and oxygen atoms in total. The van der Waals surface area contributed by atoms with Crippen LogP contribution in [0.3, 0.4) is 0 Å². The van der Waals surface area contributed by atoms with Gasteiger partial charge in [0.15, 0.2) is 0 Å². The fraction of sp³-hybridized carbons (Fsp3) is 0.250. The van der Waals surface area contributed by atoms with E-state index in [1.165, 1.54) is 12.7 Å². The molecular weight excluding hydrogens is 176 g/mol. The smallest absolute Gasteiger partial charge is 0.309 e. The molecule has 1 aromatic carbocycles. The summed E-state index contributed by atoms with van der Waals surface area (Å²) in [6, 6.07) is 8.03. The molecule has 0 saturated heterocycles. The number of carbonyl (C=O) groups excluding carboxylic acids is 1. The van der Waals surface area contributed by atoms with Crippen LogP contribution in [0.4, 0.5) is 0 Å². The van der Waals surface area contributed by atoms with E-state index in [-0.39, 0.29) is 5.97 Å². The van der Waals surface area contributed by atoms with Crippen LogP contribution in [0.1, 0.15) is 17.5 Å². The zero-order valence-corrected chi connectivity index (χ0v) is 8.49. The van der Waals surface area contributed by atoms with Crippen molar-refractivity contribution >= 4 is 12.0 Å². The normalized spacial score (nSPS) is 10.4. The van der Waals surface area contributed by atoms with E-state index in [2.05, 4.69) is 4.74 Å². The zero-order chi connectivity index (χ0) is 10.4. The van der Waals surface area contributed by atoms with Crippen molar-refractivity contribution in [1.29, 1.82) is 0 Å². The van der Waals surface area contributed by atoms with Crippen molar-refractivity contribution in [1.82, 2.24) is 0 Å². The Bertz CT molecular complexity index is 340. The maximum Gasteiger partial charge on any atom is 0.309 e. The predicted molar refractivity (Wildman–Crippen MR) is 56.8 cm³/mol. The largest absolute Gasteiger partial charge is 0.469 e. The third-order valence-electron chi connectivity index (χ3n) is 2.00. The van der Waals surface area contributed by atoms with Gasteiger partial charge in [-0.25, -0.2) is 0 Å². The van der Waals surface area contributed by atoms with Crippen LogP contribution in [0.15, 0.2) is 30.3 Å². The molecule has 0 N–H and O–H groups in total. The number of benzene rings is 1. The minimum absolute atomic E-state index is 0.213. The molecule has 0 atom stereocenters. The fourth-order valence-electron chi connectivity index (χ4n) is 1.14. The molecule has 0 bridgehead atoms. The fourth-order valence-corrected chi connectivity index (χ4v) is 1.14. The lowest BCUT2D eigenvalue weighted by Crippen LogP contribution is -1.96. The average molecular weight is 190 g/mol. The Balaban J connectivity index is 2.60. The molecule has 0 spiro atoms. The molecule has 0 unspecified atom stereocenters. The van der Waals surface area contributed by atoms with Crippen LogP contribution in [-0.4, -0.2) is 13.1 Å². The lowest BCUT2D eigenvalue weighted by Gasteiger charge is -1.98. The Morgan fingerprint density at radius 3 is 2.79 bits per heavy atom. The highest BCUT2D eigenvalue weighted by atomic mass is 16.5. The molecule has 2 heteroatoms. The first-order valence-corrected chi connectivity index (χ1v) is 4.53. The number of carbonyl (C=O) groups is 1. The highest BCUT2D eigenvalue weighted by molar-refractivity contribution is 5.72. The van der Waals surface area contributed by atoms with E-state index in [0.717, 1.165) is 5.56 Å². The van der Waals surface area contributed by atoms with Gasteiger partial charge in [0.05, 0.1) is 13.5 Å². The Labute approximate surface area is 84.2 Å². The Morgan fingerprint density at radius 2 is 2.14 bits per heavy atom. The number of esters is 1. The molecule has 0 heterocycles. The second-order valence-corrected chi connectivity index (χ2v) is 3.04. The number of ether oxygens (including phenoxy) is 1. The molecule has 0 fully saturated rings. The first kappa shape index (κ1) is 10.5. The van der Waals surface area contributed by atoms with Gasteiger partial charge in [0.2, 0.25) is 0 Å². The SMILES string of the molecule is COC(=O)CC=Cc1ccccc1C. The van der Waals surface area contributed by atoms with Gasteiger partial charge < -0.3 is 4.74 Å². The lowest BCUT2D eigenvalue weighted by atomic mass is 10.1. The minimum atomic E-state index is -0.213. The molecule has 0 aliphatic carbocycles. The topological polar surface area (TPSA) is 26.3 Å². The van der Waals surface area contributed by atoms with E-state index < -0.39 is 0 Å². The molecule has 0 aliphatic heterocycles. The first-order chi connectivity index (χ1) is 6.74. The molecule has 14 heavy (non-hydrogen) atoms. The van der Waals surface area contributed by atoms with Gasteiger partial charge in [0.1, 0.15) is 0 Å². The van der Waals surface area contributed by atoms with Crippen molar-refractivity contribution in [2.45, 2.75) is 13.3 Å². The summed E-state index contributed by atoms with van der Waals surface area (Å²) < 4.78 is 4.53. The third-order valence-corrected chi connectivity index (χ3v) is 2.00. The van der Waals surface area contributed by atoms with E-state index in [0.29, 0.717) is 6.42 Å². The summed E-state index contributed by atoms with van der Waals surface area (Å²) in [5.74, 6) is -0.213. The van der Waals surface area contributed by atoms with Crippen LogP contribution in [0, 0.1) is 6.92 Å². The highest BCUT2D eigenvalue weighted by Crippen LogP contribution is 2.09. The maximum absolute atomic E-state index is 10.8. The van der Waals surface area contributed by atoms with E-state index in [4.69, 9.17) is 0 Å². The molecule has 0 saturated carbocycles. The van der Waals surface area contributed by atoms with E-state index in [1.54, 1.807) is 0 Å².